The monoisotopic (exact) mass is 319 g/mol. The summed E-state index contributed by atoms with van der Waals surface area (Å²) in [6, 6.07) is 6.36. The normalized spacial score (nSPS) is 14.8. The molecule has 2 aromatic heterocycles. The molecule has 0 bridgehead atoms. The van der Waals surface area contributed by atoms with Crippen LogP contribution in [0.1, 0.15) is 43.5 Å². The van der Waals surface area contributed by atoms with Crippen LogP contribution < -0.4 is 0 Å². The first-order valence-electron chi connectivity index (χ1n) is 8.57. The number of benzene rings is 1. The molecule has 0 saturated heterocycles. The van der Waals surface area contributed by atoms with Crippen LogP contribution in [0.25, 0.3) is 22.2 Å². The zero-order chi connectivity index (χ0) is 16.5. The van der Waals surface area contributed by atoms with Crippen molar-refractivity contribution in [3.05, 3.63) is 42.0 Å². The second kappa shape index (κ2) is 6.15. The first-order valence-corrected chi connectivity index (χ1v) is 8.57. The smallest absolute Gasteiger partial charge is 0.141 e. The van der Waals surface area contributed by atoms with Crippen molar-refractivity contribution in [3.63, 3.8) is 0 Å². The number of aromatic amines is 1. The number of hydrogen-bond acceptors (Lipinski definition) is 4. The van der Waals surface area contributed by atoms with Gasteiger partial charge in [-0.15, -0.1) is 0 Å². The van der Waals surface area contributed by atoms with Gasteiger partial charge in [-0.25, -0.2) is 9.97 Å². The molecule has 1 aliphatic rings. The number of aryl methyl sites for hydroxylation is 1. The van der Waals surface area contributed by atoms with Crippen LogP contribution in [0.2, 0.25) is 0 Å². The summed E-state index contributed by atoms with van der Waals surface area (Å²) in [5, 5.41) is 9.24. The Morgan fingerprint density at radius 1 is 1.29 bits per heavy atom. The number of azo groups is 1. The van der Waals surface area contributed by atoms with Crippen molar-refractivity contribution in [2.24, 2.45) is 10.2 Å². The molecule has 1 aliphatic carbocycles. The lowest BCUT2D eigenvalue weighted by molar-refractivity contribution is 0.917. The van der Waals surface area contributed by atoms with E-state index in [4.69, 9.17) is 0 Å². The van der Waals surface area contributed by atoms with Gasteiger partial charge in [-0.05, 0) is 42.5 Å². The molecule has 0 aliphatic heterocycles. The molecular formula is C19H21N5. The van der Waals surface area contributed by atoms with E-state index in [-0.39, 0.29) is 0 Å². The van der Waals surface area contributed by atoms with E-state index in [0.29, 0.717) is 5.92 Å². The Balaban J connectivity index is 1.77. The number of fused-ring (bicyclic) bond motifs is 1. The fourth-order valence-corrected chi connectivity index (χ4v) is 3.13. The molecule has 0 atom stereocenters. The van der Waals surface area contributed by atoms with Crippen molar-refractivity contribution < 1.29 is 0 Å². The van der Waals surface area contributed by atoms with E-state index in [1.807, 2.05) is 18.5 Å². The molecular weight excluding hydrogens is 298 g/mol. The van der Waals surface area contributed by atoms with E-state index >= 15 is 0 Å². The predicted octanol–water partition coefficient (Wildman–Crippen LogP) is 5.17. The van der Waals surface area contributed by atoms with Crippen LogP contribution in [0.4, 0.5) is 5.69 Å². The summed E-state index contributed by atoms with van der Waals surface area (Å²) < 4.78 is 0. The number of hydrogen-bond donors (Lipinski definition) is 1. The van der Waals surface area contributed by atoms with Crippen molar-refractivity contribution in [1.82, 2.24) is 15.0 Å². The van der Waals surface area contributed by atoms with E-state index in [1.54, 1.807) is 7.05 Å². The molecule has 5 heteroatoms. The van der Waals surface area contributed by atoms with Gasteiger partial charge in [0.05, 0.1) is 5.69 Å². The van der Waals surface area contributed by atoms with Gasteiger partial charge in [0.1, 0.15) is 11.5 Å². The quantitative estimate of drug-likeness (QED) is 0.659. The molecule has 2 heterocycles. The molecule has 0 amide bonds. The maximum atomic E-state index is 4.69. The zero-order valence-electron chi connectivity index (χ0n) is 14.1. The van der Waals surface area contributed by atoms with E-state index in [2.05, 4.69) is 44.2 Å². The Hall–Kier alpha value is -2.56. The molecule has 0 spiro atoms. The number of aromatic nitrogens is 3. The summed E-state index contributed by atoms with van der Waals surface area (Å²) in [5.41, 5.74) is 5.42. The number of H-pyrrole nitrogens is 1. The van der Waals surface area contributed by atoms with Gasteiger partial charge in [-0.1, -0.05) is 19.4 Å². The summed E-state index contributed by atoms with van der Waals surface area (Å²) in [4.78, 5) is 12.6. The highest BCUT2D eigenvalue weighted by Gasteiger charge is 2.27. The average Bonchev–Trinajstić information content (AvgIpc) is 3.36. The van der Waals surface area contributed by atoms with Crippen molar-refractivity contribution in [2.45, 2.75) is 38.5 Å². The molecule has 0 radical (unpaired) electrons. The molecule has 1 N–H and O–H groups in total. The highest BCUT2D eigenvalue weighted by Crippen LogP contribution is 2.39. The van der Waals surface area contributed by atoms with Gasteiger partial charge in [0, 0.05) is 36.3 Å². The topological polar surface area (TPSA) is 66.3 Å². The second-order valence-corrected chi connectivity index (χ2v) is 6.36. The van der Waals surface area contributed by atoms with Gasteiger partial charge in [0.2, 0.25) is 0 Å². The first kappa shape index (κ1) is 15.0. The SMILES string of the molecule is CCCc1cc(-c2c[nH]c3nc(C4CC4)ncc23)ccc1N=NC. The van der Waals surface area contributed by atoms with Crippen LogP contribution >= 0.6 is 0 Å². The third kappa shape index (κ3) is 2.70. The van der Waals surface area contributed by atoms with Crippen molar-refractivity contribution in [1.29, 1.82) is 0 Å². The van der Waals surface area contributed by atoms with Crippen LogP contribution in [0, 0.1) is 0 Å². The van der Waals surface area contributed by atoms with Crippen LogP contribution in [-0.4, -0.2) is 22.0 Å². The molecule has 4 rings (SSSR count). The average molecular weight is 319 g/mol. The summed E-state index contributed by atoms with van der Waals surface area (Å²) in [5.74, 6) is 1.54. The standard InChI is InChI=1S/C19H21N5/c1-3-4-14-9-13(7-8-17(14)24-20-2)15-10-22-19-16(15)11-21-18(23-19)12-5-6-12/h7-12H,3-6H2,1-2H3,(H,21,22,23). The van der Waals surface area contributed by atoms with Crippen LogP contribution in [0.3, 0.4) is 0 Å². The molecule has 1 aromatic carbocycles. The van der Waals surface area contributed by atoms with Crippen LogP contribution in [-0.2, 0) is 6.42 Å². The highest BCUT2D eigenvalue weighted by molar-refractivity contribution is 5.93. The molecule has 122 valence electrons. The molecule has 5 nitrogen and oxygen atoms in total. The van der Waals surface area contributed by atoms with E-state index in [1.165, 1.54) is 24.0 Å². The maximum absolute atomic E-state index is 4.69. The van der Waals surface area contributed by atoms with E-state index in [0.717, 1.165) is 41.0 Å². The third-order valence-electron chi connectivity index (χ3n) is 4.51. The molecule has 0 unspecified atom stereocenters. The van der Waals surface area contributed by atoms with Gasteiger partial charge in [-0.3, -0.25) is 0 Å². The molecule has 1 fully saturated rings. The van der Waals surface area contributed by atoms with Crippen molar-refractivity contribution >= 4 is 16.7 Å². The second-order valence-electron chi connectivity index (χ2n) is 6.36. The number of nitrogens with one attached hydrogen (secondary N) is 1. The highest BCUT2D eigenvalue weighted by atomic mass is 15.1. The predicted molar refractivity (Wildman–Crippen MR) is 95.7 cm³/mol. The van der Waals surface area contributed by atoms with Crippen molar-refractivity contribution in [3.8, 4) is 11.1 Å². The Morgan fingerprint density at radius 3 is 2.92 bits per heavy atom. The first-order chi connectivity index (χ1) is 11.8. The lowest BCUT2D eigenvalue weighted by Gasteiger charge is -2.07. The van der Waals surface area contributed by atoms with Crippen LogP contribution in [0.5, 0.6) is 0 Å². The Morgan fingerprint density at radius 2 is 2.17 bits per heavy atom. The van der Waals surface area contributed by atoms with Gasteiger partial charge >= 0.3 is 0 Å². The summed E-state index contributed by atoms with van der Waals surface area (Å²) >= 11 is 0. The van der Waals surface area contributed by atoms with Gasteiger partial charge in [-0.2, -0.15) is 10.2 Å². The lowest BCUT2D eigenvalue weighted by Crippen LogP contribution is -1.92. The third-order valence-corrected chi connectivity index (χ3v) is 4.51. The van der Waals surface area contributed by atoms with Crippen LogP contribution in [0.15, 0.2) is 40.8 Å². The lowest BCUT2D eigenvalue weighted by atomic mass is 10.00. The van der Waals surface area contributed by atoms with E-state index in [9.17, 15) is 0 Å². The number of rotatable bonds is 5. The molecule has 3 aromatic rings. The minimum Gasteiger partial charge on any atom is -0.345 e. The molecule has 24 heavy (non-hydrogen) atoms. The zero-order valence-corrected chi connectivity index (χ0v) is 14.1. The fraction of sp³-hybridized carbons (Fsp3) is 0.368. The Kier molecular flexibility index (Phi) is 3.84. The summed E-state index contributed by atoms with van der Waals surface area (Å²) in [6.07, 6.45) is 8.49. The Bertz CT molecular complexity index is 905. The summed E-state index contributed by atoms with van der Waals surface area (Å²) in [6.45, 7) is 2.18. The fourth-order valence-electron chi connectivity index (χ4n) is 3.13. The van der Waals surface area contributed by atoms with Gasteiger partial charge < -0.3 is 4.98 Å². The minimum absolute atomic E-state index is 0.566. The number of nitrogens with zero attached hydrogens (tertiary/aromatic N) is 4. The summed E-state index contributed by atoms with van der Waals surface area (Å²) in [7, 11) is 1.71. The van der Waals surface area contributed by atoms with Gasteiger partial charge in [0.25, 0.3) is 0 Å². The maximum Gasteiger partial charge on any atom is 0.141 e. The Labute approximate surface area is 141 Å². The van der Waals surface area contributed by atoms with E-state index < -0.39 is 0 Å². The van der Waals surface area contributed by atoms with Crippen molar-refractivity contribution in [2.75, 3.05) is 7.05 Å². The molecule has 1 saturated carbocycles. The largest absolute Gasteiger partial charge is 0.345 e. The van der Waals surface area contributed by atoms with Gasteiger partial charge in [0.15, 0.2) is 0 Å². The minimum atomic E-state index is 0.566.